The zero-order chi connectivity index (χ0) is 46.7. The number of anilines is 5. The van der Waals surface area contributed by atoms with Gasteiger partial charge in [-0.2, -0.15) is 0 Å². The molecule has 5 aromatic carbocycles. The Labute approximate surface area is 363 Å². The summed E-state index contributed by atoms with van der Waals surface area (Å²) in [5.74, 6) is -6.80. The number of carboxylic acids is 1. The number of methoxy groups -OCH3 is 2. The van der Waals surface area contributed by atoms with Crippen LogP contribution in [0.5, 0.6) is 17.2 Å². The second-order valence-electron chi connectivity index (χ2n) is 13.3. The molecule has 5 aromatic rings. The minimum atomic E-state index is -1.65. The molecule has 5 rings (SSSR count). The number of nitrogens with zero attached hydrogens (tertiary/aromatic N) is 1. The molecule has 21 nitrogen and oxygen atoms in total. The number of carboxylic acid groups (broad SMARTS) is 1. The number of rotatable bonds is 18. The lowest BCUT2D eigenvalue weighted by atomic mass is 10.1. The molecule has 2 unspecified atom stereocenters. The summed E-state index contributed by atoms with van der Waals surface area (Å²) in [4.78, 5) is 89.6. The van der Waals surface area contributed by atoms with E-state index in [9.17, 15) is 49.0 Å². The summed E-state index contributed by atoms with van der Waals surface area (Å²) in [5, 5.41) is 52.7. The Bertz CT molecular complexity index is 2570. The van der Waals surface area contributed by atoms with Crippen molar-refractivity contribution in [3.05, 3.63) is 136 Å². The summed E-state index contributed by atoms with van der Waals surface area (Å²) < 4.78 is 15.9. The van der Waals surface area contributed by atoms with Crippen LogP contribution < -0.4 is 47.0 Å². The van der Waals surface area contributed by atoms with Gasteiger partial charge in [0.05, 0.1) is 41.9 Å². The van der Waals surface area contributed by atoms with Gasteiger partial charge in [0.1, 0.15) is 11.8 Å². The number of carbonyl (C=O) groups excluding carboxylic acids is 6. The lowest BCUT2D eigenvalue weighted by Crippen LogP contribution is -2.56. The van der Waals surface area contributed by atoms with E-state index in [1.54, 1.807) is 6.92 Å². The first-order valence-electron chi connectivity index (χ1n) is 18.8. The van der Waals surface area contributed by atoms with E-state index in [2.05, 4.69) is 26.6 Å². The molecular weight excluding hydrogens is 839 g/mol. The number of ether oxygens (including phenoxy) is 3. The molecule has 0 aliphatic rings. The number of phenolic OH excluding ortho intramolecular Hbond substituents is 1. The van der Waals surface area contributed by atoms with Gasteiger partial charge in [-0.1, -0.05) is 0 Å². The van der Waals surface area contributed by atoms with Crippen LogP contribution in [0, 0.1) is 5.21 Å². The van der Waals surface area contributed by atoms with Gasteiger partial charge in [0.2, 0.25) is 11.8 Å². The van der Waals surface area contributed by atoms with E-state index in [1.807, 2.05) is 0 Å². The number of hydrogen-bond acceptors (Lipinski definition) is 14. The number of aromatic hydroxyl groups is 1. The Kier molecular flexibility index (Phi) is 15.1. The number of carbonyl (C=O) groups is 7. The first-order valence-corrected chi connectivity index (χ1v) is 18.8. The molecule has 0 heterocycles. The molecule has 0 aromatic heterocycles. The molecule has 2 atom stereocenters. The van der Waals surface area contributed by atoms with E-state index in [1.165, 1.54) is 110 Å². The average molecular weight is 879 g/mol. The molecule has 0 saturated heterocycles. The van der Waals surface area contributed by atoms with Crippen molar-refractivity contribution in [3.8, 4) is 17.2 Å². The molecule has 10 N–H and O–H groups in total. The molecule has 21 heteroatoms. The molecule has 332 valence electrons. The first kappa shape index (κ1) is 46.5. The van der Waals surface area contributed by atoms with Crippen molar-refractivity contribution in [2.45, 2.75) is 19.1 Å². The summed E-state index contributed by atoms with van der Waals surface area (Å²) in [6.45, 7) is 1.65. The van der Waals surface area contributed by atoms with Crippen molar-refractivity contribution in [1.82, 2.24) is 5.32 Å². The van der Waals surface area contributed by atoms with Gasteiger partial charge in [-0.25, -0.2) is 4.79 Å². The largest absolute Gasteiger partial charge is 0.733 e. The highest BCUT2D eigenvalue weighted by Gasteiger charge is 2.34. The van der Waals surface area contributed by atoms with E-state index in [-0.39, 0.29) is 79.6 Å². The summed E-state index contributed by atoms with van der Waals surface area (Å²) in [6, 6.07) is 20.7. The number of nitrogens with two attached hydrogens (primary N) is 1. The van der Waals surface area contributed by atoms with Crippen molar-refractivity contribution < 1.29 is 63.2 Å². The summed E-state index contributed by atoms with van der Waals surface area (Å²) >= 11 is 0. The number of phenols is 1. The predicted octanol–water partition coefficient (Wildman–Crippen LogP) is 4.19. The van der Waals surface area contributed by atoms with Crippen LogP contribution >= 0.6 is 0 Å². The maximum atomic E-state index is 13.5. The molecule has 0 aliphatic carbocycles. The maximum Gasteiger partial charge on any atom is 0.335 e. The molecule has 0 bridgehead atoms. The number of primary amides is 1. The van der Waals surface area contributed by atoms with Crippen LogP contribution in [0.3, 0.4) is 0 Å². The van der Waals surface area contributed by atoms with E-state index >= 15 is 0 Å². The highest BCUT2D eigenvalue weighted by molar-refractivity contribution is 6.10. The van der Waals surface area contributed by atoms with Gasteiger partial charge in [0, 0.05) is 35.2 Å². The highest BCUT2D eigenvalue weighted by Crippen LogP contribution is 2.39. The second-order valence-corrected chi connectivity index (χ2v) is 13.3. The average Bonchev–Trinajstić information content (AvgIpc) is 3.27. The topological polar surface area (TPSA) is 320 Å². The second kappa shape index (κ2) is 20.8. The van der Waals surface area contributed by atoms with E-state index in [0.29, 0.717) is 0 Å². The minimum Gasteiger partial charge on any atom is -0.733 e. The van der Waals surface area contributed by atoms with Crippen LogP contribution in [0.2, 0.25) is 0 Å². The van der Waals surface area contributed by atoms with Crippen molar-refractivity contribution in [1.29, 1.82) is 0 Å². The predicted molar refractivity (Wildman–Crippen MR) is 230 cm³/mol. The number of benzene rings is 5. The van der Waals surface area contributed by atoms with E-state index < -0.39 is 59.3 Å². The van der Waals surface area contributed by atoms with Crippen LogP contribution in [-0.2, 0) is 14.3 Å². The zero-order valence-corrected chi connectivity index (χ0v) is 34.0. The normalized spacial score (nSPS) is 11.5. The van der Waals surface area contributed by atoms with Crippen molar-refractivity contribution in [2.24, 2.45) is 5.73 Å². The minimum absolute atomic E-state index is 0.000766. The zero-order valence-electron chi connectivity index (χ0n) is 34.0. The maximum absolute atomic E-state index is 13.5. The quantitative estimate of drug-likeness (QED) is 0.0558. The Morgan fingerprint density at radius 3 is 1.73 bits per heavy atom. The van der Waals surface area contributed by atoms with Crippen LogP contribution in [0.25, 0.3) is 0 Å². The van der Waals surface area contributed by atoms with Gasteiger partial charge in [-0.15, -0.1) is 0 Å². The van der Waals surface area contributed by atoms with Crippen LogP contribution in [0.4, 0.5) is 28.4 Å². The van der Waals surface area contributed by atoms with Gasteiger partial charge in [0.25, 0.3) is 23.6 Å². The fraction of sp³-hybridized carbons (Fsp3) is 0.140. The van der Waals surface area contributed by atoms with Crippen molar-refractivity contribution in [3.63, 3.8) is 0 Å². The fourth-order valence-corrected chi connectivity index (χ4v) is 5.95. The Morgan fingerprint density at radius 2 is 1.20 bits per heavy atom. The van der Waals surface area contributed by atoms with E-state index in [4.69, 9.17) is 25.2 Å². The van der Waals surface area contributed by atoms with Crippen LogP contribution in [0.1, 0.15) is 58.7 Å². The van der Waals surface area contributed by atoms with Crippen LogP contribution in [-0.4, -0.2) is 89.8 Å². The Balaban J connectivity index is 1.24. The number of aromatic carboxylic acids is 1. The molecule has 6 amide bonds. The molecule has 0 saturated carbocycles. The highest BCUT2D eigenvalue weighted by atomic mass is 16.8. The number of hydrogen-bond donors (Lipinski definition) is 9. The SMILES string of the molecule is CCOc1c(NC(=O)c2ccc(NC(=O)C(NC(=O)c3ccc(NC(=O)c4ccc(N([O-])O)cc4)cc3)C(OC)C(N)=O)cc2)ccc(C(=O)Nc2ccc(C(=O)O)cc2OC)c1O. The summed E-state index contributed by atoms with van der Waals surface area (Å²) in [6.07, 6.45) is -1.62. The Morgan fingerprint density at radius 1 is 0.688 bits per heavy atom. The smallest absolute Gasteiger partial charge is 0.335 e. The van der Waals surface area contributed by atoms with Crippen molar-refractivity contribution >= 4 is 69.8 Å². The number of amides is 6. The lowest BCUT2D eigenvalue weighted by Gasteiger charge is -2.24. The van der Waals surface area contributed by atoms with Gasteiger partial charge >= 0.3 is 5.97 Å². The summed E-state index contributed by atoms with van der Waals surface area (Å²) in [5.41, 5.74) is 5.91. The standard InChI is InChI=1S/C43H40N7O14/c1-4-64-35-31(20-18-29(34(35)51)41(56)47-30-19-11-25(43(58)59)21-32(30)62-2)48-39(54)22-5-14-27(15-6-22)46-42(57)33(36(63-3)37(44)52)49-40(55)23-7-12-26(13-8-23)45-38(53)24-9-16-28(17-10-24)50(60)61/h5-21,33,36,51,60H,4H2,1-3H3,(H2,44,52)(H,45,53)(H,46,57)(H,47,56)(H,48,54)(H,49,55)(H,58,59)/q-1. The monoisotopic (exact) mass is 878 g/mol. The molecule has 0 fully saturated rings. The summed E-state index contributed by atoms with van der Waals surface area (Å²) in [7, 11) is 2.40. The fourth-order valence-electron chi connectivity index (χ4n) is 5.95. The van der Waals surface area contributed by atoms with Gasteiger partial charge < -0.3 is 67.2 Å². The van der Waals surface area contributed by atoms with Gasteiger partial charge in [-0.05, 0) is 110 Å². The van der Waals surface area contributed by atoms with E-state index in [0.717, 1.165) is 7.11 Å². The Hall–Kier alpha value is -8.53. The third-order valence-electron chi connectivity index (χ3n) is 9.19. The third kappa shape index (κ3) is 11.2. The molecule has 64 heavy (non-hydrogen) atoms. The van der Waals surface area contributed by atoms with Gasteiger partial charge in [0.15, 0.2) is 17.6 Å². The molecule has 0 spiro atoms. The number of nitrogens with one attached hydrogen (secondary N) is 5. The molecule has 0 radical (unpaired) electrons. The lowest BCUT2D eigenvalue weighted by molar-refractivity contribution is -0.134. The van der Waals surface area contributed by atoms with Crippen LogP contribution in [0.15, 0.2) is 103 Å². The molecule has 0 aliphatic heterocycles. The van der Waals surface area contributed by atoms with Gasteiger partial charge in [-0.3, -0.25) is 34.0 Å². The first-order chi connectivity index (χ1) is 30.5. The molecular formula is C43H40N7O14-. The van der Waals surface area contributed by atoms with Crippen molar-refractivity contribution in [2.75, 3.05) is 47.3 Å². The third-order valence-corrected chi connectivity index (χ3v) is 9.19.